The van der Waals surface area contributed by atoms with Crippen molar-refractivity contribution in [1.29, 1.82) is 5.26 Å². The zero-order valence-electron chi connectivity index (χ0n) is 19.8. The smallest absolute Gasteiger partial charge is 0.407 e. The van der Waals surface area contributed by atoms with Crippen LogP contribution in [0.2, 0.25) is 0 Å². The number of carbonyl (C=O) groups excluding carboxylic acids is 1. The van der Waals surface area contributed by atoms with E-state index in [4.69, 9.17) is 4.74 Å². The van der Waals surface area contributed by atoms with E-state index in [0.717, 1.165) is 43.5 Å². The number of benzene rings is 2. The Labute approximate surface area is 197 Å². The molecule has 0 aromatic heterocycles. The highest BCUT2D eigenvalue weighted by Gasteiger charge is 2.44. The second-order valence-electron chi connectivity index (χ2n) is 10.0. The van der Waals surface area contributed by atoms with Crippen LogP contribution in [0.25, 0.3) is 11.1 Å². The van der Waals surface area contributed by atoms with Gasteiger partial charge in [0.05, 0.1) is 18.2 Å². The number of ether oxygens (including phenoxy) is 1. The molecule has 0 bridgehead atoms. The number of rotatable bonds is 8. The van der Waals surface area contributed by atoms with E-state index in [1.807, 2.05) is 24.3 Å². The average Bonchev–Trinajstić information content (AvgIpc) is 3.67. The first-order chi connectivity index (χ1) is 16.0. The molecular formula is C28H35N3O2. The lowest BCUT2D eigenvalue weighted by atomic mass is 9.66. The Hall–Kier alpha value is -2.84. The normalized spacial score (nSPS) is 18.4. The number of carbonyl (C=O) groups is 1. The van der Waals surface area contributed by atoms with Crippen molar-refractivity contribution in [3.63, 3.8) is 0 Å². The van der Waals surface area contributed by atoms with Crippen LogP contribution in [-0.2, 0) is 10.2 Å². The van der Waals surface area contributed by atoms with Gasteiger partial charge in [-0.2, -0.15) is 5.26 Å². The Bertz CT molecular complexity index is 983. The van der Waals surface area contributed by atoms with Crippen molar-refractivity contribution in [2.75, 3.05) is 19.7 Å². The molecule has 1 aliphatic carbocycles. The van der Waals surface area contributed by atoms with Gasteiger partial charge in [0.15, 0.2) is 0 Å². The second-order valence-corrected chi connectivity index (χ2v) is 10.0. The molecule has 33 heavy (non-hydrogen) atoms. The molecule has 1 aliphatic heterocycles. The number of nitrogens with one attached hydrogen (secondary N) is 2. The first kappa shape index (κ1) is 23.3. The summed E-state index contributed by atoms with van der Waals surface area (Å²) in [5.41, 5.74) is 3.98. The standard InChI is InChI=1S/C28H35N3O2/c1-20(2)19-33-27(32)31-26(17-21-6-7-21)28(12-14-30-15-13-28)25-10-8-23(9-11-25)24-5-3-4-22(16-24)18-29/h3-5,8-11,16,20-21,26,30H,6-7,12-15,17,19H2,1-2H3,(H,31,32). The molecule has 2 N–H and O–H groups in total. The Morgan fingerprint density at radius 2 is 1.88 bits per heavy atom. The summed E-state index contributed by atoms with van der Waals surface area (Å²) in [6.07, 6.45) is 5.18. The van der Waals surface area contributed by atoms with E-state index in [9.17, 15) is 10.1 Å². The van der Waals surface area contributed by atoms with E-state index < -0.39 is 0 Å². The molecule has 174 valence electrons. The van der Waals surface area contributed by atoms with Gasteiger partial charge in [0.25, 0.3) is 0 Å². The highest BCUT2D eigenvalue weighted by atomic mass is 16.5. The van der Waals surface area contributed by atoms with Crippen molar-refractivity contribution >= 4 is 6.09 Å². The molecule has 2 aliphatic rings. The fraction of sp³-hybridized carbons (Fsp3) is 0.500. The van der Waals surface area contributed by atoms with E-state index in [2.05, 4.69) is 54.8 Å². The highest BCUT2D eigenvalue weighted by molar-refractivity contribution is 5.68. The lowest BCUT2D eigenvalue weighted by molar-refractivity contribution is 0.116. The molecule has 2 aromatic rings. The van der Waals surface area contributed by atoms with Gasteiger partial charge >= 0.3 is 6.09 Å². The zero-order chi connectivity index (χ0) is 23.3. The van der Waals surface area contributed by atoms with Crippen LogP contribution in [0, 0.1) is 23.2 Å². The fourth-order valence-corrected chi connectivity index (χ4v) is 5.01. The zero-order valence-corrected chi connectivity index (χ0v) is 19.8. The molecule has 1 amide bonds. The molecule has 1 atom stereocenters. The first-order valence-electron chi connectivity index (χ1n) is 12.3. The van der Waals surface area contributed by atoms with E-state index in [0.29, 0.717) is 24.0 Å². The minimum absolute atomic E-state index is 0.0551. The molecule has 2 fully saturated rings. The lowest BCUT2D eigenvalue weighted by Gasteiger charge is -2.45. The van der Waals surface area contributed by atoms with Crippen LogP contribution in [0.3, 0.4) is 0 Å². The van der Waals surface area contributed by atoms with Crippen molar-refractivity contribution in [1.82, 2.24) is 10.6 Å². The Morgan fingerprint density at radius 3 is 2.52 bits per heavy atom. The second kappa shape index (κ2) is 10.4. The maximum Gasteiger partial charge on any atom is 0.407 e. The number of nitrogens with zero attached hydrogens (tertiary/aromatic N) is 1. The highest BCUT2D eigenvalue weighted by Crippen LogP contribution is 2.44. The molecule has 5 heteroatoms. The van der Waals surface area contributed by atoms with E-state index in [1.54, 1.807) is 0 Å². The third kappa shape index (κ3) is 5.75. The van der Waals surface area contributed by atoms with Crippen LogP contribution in [0.1, 0.15) is 57.1 Å². The molecule has 5 nitrogen and oxygen atoms in total. The van der Waals surface area contributed by atoms with Crippen molar-refractivity contribution in [3.8, 4) is 17.2 Å². The Morgan fingerprint density at radius 1 is 1.15 bits per heavy atom. The molecule has 1 saturated heterocycles. The van der Waals surface area contributed by atoms with Gasteiger partial charge in [-0.25, -0.2) is 4.79 Å². The van der Waals surface area contributed by atoms with Crippen LogP contribution in [0.15, 0.2) is 48.5 Å². The Balaban J connectivity index is 1.61. The molecule has 1 heterocycles. The maximum atomic E-state index is 12.7. The first-order valence-corrected chi connectivity index (χ1v) is 12.3. The number of alkyl carbamates (subject to hydrolysis) is 1. The summed E-state index contributed by atoms with van der Waals surface area (Å²) in [5, 5.41) is 16.0. The molecule has 0 radical (unpaired) electrons. The molecular weight excluding hydrogens is 410 g/mol. The predicted molar refractivity (Wildman–Crippen MR) is 131 cm³/mol. The summed E-state index contributed by atoms with van der Waals surface area (Å²) in [5.74, 6) is 1.01. The molecule has 1 unspecified atom stereocenters. The van der Waals surface area contributed by atoms with Gasteiger partial charge in [0.1, 0.15) is 0 Å². The van der Waals surface area contributed by atoms with Gasteiger partial charge in [0, 0.05) is 11.5 Å². The van der Waals surface area contributed by atoms with Gasteiger partial charge in [-0.3, -0.25) is 0 Å². The van der Waals surface area contributed by atoms with Gasteiger partial charge in [0.2, 0.25) is 0 Å². The van der Waals surface area contributed by atoms with Crippen molar-refractivity contribution in [2.24, 2.45) is 11.8 Å². The largest absolute Gasteiger partial charge is 0.449 e. The number of hydrogen-bond donors (Lipinski definition) is 2. The number of hydrogen-bond acceptors (Lipinski definition) is 4. The van der Waals surface area contributed by atoms with Gasteiger partial charge in [-0.05, 0) is 73.0 Å². The number of piperidine rings is 1. The Kier molecular flexibility index (Phi) is 7.35. The minimum Gasteiger partial charge on any atom is -0.449 e. The molecule has 1 saturated carbocycles. The maximum absolute atomic E-state index is 12.7. The van der Waals surface area contributed by atoms with Crippen LogP contribution < -0.4 is 10.6 Å². The van der Waals surface area contributed by atoms with Crippen LogP contribution in [0.4, 0.5) is 4.79 Å². The van der Waals surface area contributed by atoms with Gasteiger partial charge in [-0.1, -0.05) is 63.1 Å². The molecule has 4 rings (SSSR count). The molecule has 0 spiro atoms. The summed E-state index contributed by atoms with van der Waals surface area (Å²) < 4.78 is 5.51. The number of nitriles is 1. The summed E-state index contributed by atoms with van der Waals surface area (Å²) in [6.45, 7) is 6.42. The summed E-state index contributed by atoms with van der Waals surface area (Å²) in [7, 11) is 0. The van der Waals surface area contributed by atoms with Crippen molar-refractivity contribution in [3.05, 3.63) is 59.7 Å². The summed E-state index contributed by atoms with van der Waals surface area (Å²) >= 11 is 0. The summed E-state index contributed by atoms with van der Waals surface area (Å²) in [6, 6.07) is 18.8. The van der Waals surface area contributed by atoms with Crippen LogP contribution in [0.5, 0.6) is 0 Å². The van der Waals surface area contributed by atoms with E-state index in [-0.39, 0.29) is 17.6 Å². The lowest BCUT2D eigenvalue weighted by Crippen LogP contribution is -2.55. The monoisotopic (exact) mass is 445 g/mol. The summed E-state index contributed by atoms with van der Waals surface area (Å²) in [4.78, 5) is 12.7. The predicted octanol–water partition coefficient (Wildman–Crippen LogP) is 5.40. The van der Waals surface area contributed by atoms with Crippen LogP contribution in [-0.4, -0.2) is 31.8 Å². The van der Waals surface area contributed by atoms with E-state index >= 15 is 0 Å². The SMILES string of the molecule is CC(C)COC(=O)NC(CC1CC1)C1(c2ccc(-c3cccc(C#N)c3)cc2)CCNCC1. The van der Waals surface area contributed by atoms with Crippen molar-refractivity contribution < 1.29 is 9.53 Å². The topological polar surface area (TPSA) is 74.1 Å². The minimum atomic E-state index is -0.294. The van der Waals surface area contributed by atoms with Gasteiger partial charge in [-0.15, -0.1) is 0 Å². The van der Waals surface area contributed by atoms with E-state index in [1.165, 1.54) is 18.4 Å². The average molecular weight is 446 g/mol. The molecule has 2 aromatic carbocycles. The third-order valence-electron chi connectivity index (χ3n) is 7.05. The van der Waals surface area contributed by atoms with Crippen molar-refractivity contribution in [2.45, 2.75) is 57.4 Å². The number of amides is 1. The fourth-order valence-electron chi connectivity index (χ4n) is 5.01. The van der Waals surface area contributed by atoms with Crippen LogP contribution >= 0.6 is 0 Å². The van der Waals surface area contributed by atoms with Gasteiger partial charge < -0.3 is 15.4 Å². The quantitative estimate of drug-likeness (QED) is 0.571. The third-order valence-corrected chi connectivity index (χ3v) is 7.05.